The molecule has 1 atom stereocenters. The highest BCUT2D eigenvalue weighted by Crippen LogP contribution is 2.34. The molecule has 5 heteroatoms. The summed E-state index contributed by atoms with van der Waals surface area (Å²) in [4.78, 5) is 0. The van der Waals surface area contributed by atoms with E-state index in [4.69, 9.17) is 5.11 Å². The molecule has 0 saturated carbocycles. The van der Waals surface area contributed by atoms with Crippen LogP contribution in [-0.4, -0.2) is 16.6 Å². The lowest BCUT2D eigenvalue weighted by atomic mass is 10.1. The fourth-order valence-corrected chi connectivity index (χ4v) is 1.53. The van der Waals surface area contributed by atoms with Gasteiger partial charge in [-0.2, -0.15) is 0 Å². The van der Waals surface area contributed by atoms with E-state index in [2.05, 4.69) is 15.9 Å². The topological polar surface area (TPSA) is 40.5 Å². The molecule has 0 aliphatic heterocycles. The average Bonchev–Trinajstić information content (AvgIpc) is 2.03. The number of aliphatic hydroxyl groups excluding tert-OH is 1. The molecule has 1 rings (SSSR count). The maximum atomic E-state index is 12.1. The summed E-state index contributed by atoms with van der Waals surface area (Å²) < 4.78 is 24.4. The molecule has 2 nitrogen and oxygen atoms in total. The second-order valence-corrected chi connectivity index (χ2v) is 3.31. The third-order valence-electron chi connectivity index (χ3n) is 1.56. The summed E-state index contributed by atoms with van der Waals surface area (Å²) in [6, 6.07) is 4.20. The Kier molecular flexibility index (Phi) is 3.22. The van der Waals surface area contributed by atoms with E-state index in [9.17, 15) is 13.9 Å². The molecule has 0 bridgehead atoms. The van der Waals surface area contributed by atoms with Crippen molar-refractivity contribution in [3.8, 4) is 5.75 Å². The maximum Gasteiger partial charge on any atom is 0.268 e. The number of aliphatic hydroxyl groups is 1. The Morgan fingerprint density at radius 2 is 1.92 bits per heavy atom. The standard InChI is InChI=1S/C8H7BrF2O2/c9-4-2-1-3-5(12)6(4)7(13)8(10)11/h1-3,7-8,12-13H. The Labute approximate surface area is 81.9 Å². The molecule has 0 radical (unpaired) electrons. The minimum absolute atomic E-state index is 0.183. The third kappa shape index (κ3) is 2.16. The van der Waals surface area contributed by atoms with E-state index < -0.39 is 12.5 Å². The van der Waals surface area contributed by atoms with E-state index in [0.29, 0.717) is 0 Å². The van der Waals surface area contributed by atoms with Crippen LogP contribution in [0, 0.1) is 0 Å². The van der Waals surface area contributed by atoms with Crippen LogP contribution in [0.15, 0.2) is 22.7 Å². The van der Waals surface area contributed by atoms with Gasteiger partial charge in [-0.15, -0.1) is 0 Å². The lowest BCUT2D eigenvalue weighted by molar-refractivity contribution is -0.00739. The average molecular weight is 253 g/mol. The van der Waals surface area contributed by atoms with E-state index in [1.807, 2.05) is 0 Å². The molecule has 1 aromatic carbocycles. The Morgan fingerprint density at radius 1 is 1.31 bits per heavy atom. The maximum absolute atomic E-state index is 12.1. The summed E-state index contributed by atoms with van der Waals surface area (Å²) in [5.41, 5.74) is -0.183. The number of aromatic hydroxyl groups is 1. The summed E-state index contributed by atoms with van der Waals surface area (Å²) in [5, 5.41) is 18.2. The number of rotatable bonds is 2. The first-order valence-electron chi connectivity index (χ1n) is 3.47. The Morgan fingerprint density at radius 3 is 2.38 bits per heavy atom. The van der Waals surface area contributed by atoms with E-state index >= 15 is 0 Å². The molecule has 0 saturated heterocycles. The van der Waals surface area contributed by atoms with Crippen LogP contribution in [0.2, 0.25) is 0 Å². The summed E-state index contributed by atoms with van der Waals surface area (Å²) in [5.74, 6) is -0.345. The minimum atomic E-state index is -2.91. The fourth-order valence-electron chi connectivity index (χ4n) is 0.944. The van der Waals surface area contributed by atoms with Crippen LogP contribution in [-0.2, 0) is 0 Å². The first kappa shape index (κ1) is 10.4. The SMILES string of the molecule is Oc1cccc(Br)c1C(O)C(F)F. The molecule has 0 spiro atoms. The van der Waals surface area contributed by atoms with Crippen molar-refractivity contribution in [3.63, 3.8) is 0 Å². The summed E-state index contributed by atoms with van der Waals surface area (Å²) in [6.07, 6.45) is -4.87. The van der Waals surface area contributed by atoms with Gasteiger partial charge in [0.15, 0.2) is 0 Å². The van der Waals surface area contributed by atoms with Crippen LogP contribution < -0.4 is 0 Å². The van der Waals surface area contributed by atoms with Crippen molar-refractivity contribution in [1.29, 1.82) is 0 Å². The van der Waals surface area contributed by atoms with E-state index in [1.54, 1.807) is 0 Å². The molecule has 2 N–H and O–H groups in total. The van der Waals surface area contributed by atoms with Crippen molar-refractivity contribution in [2.75, 3.05) is 0 Å². The molecule has 13 heavy (non-hydrogen) atoms. The van der Waals surface area contributed by atoms with Gasteiger partial charge < -0.3 is 10.2 Å². The van der Waals surface area contributed by atoms with Crippen molar-refractivity contribution in [2.45, 2.75) is 12.5 Å². The number of hydrogen-bond donors (Lipinski definition) is 2. The molecule has 0 aromatic heterocycles. The summed E-state index contributed by atoms with van der Waals surface area (Å²) in [7, 11) is 0. The highest BCUT2D eigenvalue weighted by Gasteiger charge is 2.24. The lowest BCUT2D eigenvalue weighted by Gasteiger charge is -2.12. The van der Waals surface area contributed by atoms with E-state index in [0.717, 1.165) is 0 Å². The largest absolute Gasteiger partial charge is 0.508 e. The summed E-state index contributed by atoms with van der Waals surface area (Å²) in [6.45, 7) is 0. The van der Waals surface area contributed by atoms with Crippen molar-refractivity contribution in [2.24, 2.45) is 0 Å². The predicted octanol–water partition coefficient (Wildman–Crippen LogP) is 2.45. The van der Waals surface area contributed by atoms with Gasteiger partial charge in [-0.25, -0.2) is 8.78 Å². The fraction of sp³-hybridized carbons (Fsp3) is 0.250. The van der Waals surface area contributed by atoms with Gasteiger partial charge in [0.05, 0.1) is 0 Å². The van der Waals surface area contributed by atoms with Crippen LogP contribution in [0.25, 0.3) is 0 Å². The highest BCUT2D eigenvalue weighted by atomic mass is 79.9. The van der Waals surface area contributed by atoms with Gasteiger partial charge in [0.1, 0.15) is 11.9 Å². The number of halogens is 3. The van der Waals surface area contributed by atoms with Gasteiger partial charge >= 0.3 is 0 Å². The molecular formula is C8H7BrF2O2. The van der Waals surface area contributed by atoms with Crippen LogP contribution in [0.4, 0.5) is 8.78 Å². The number of phenolic OH excluding ortho intramolecular Hbond substituents is 1. The third-order valence-corrected chi connectivity index (χ3v) is 2.26. The molecule has 1 unspecified atom stereocenters. The zero-order chi connectivity index (χ0) is 10.0. The zero-order valence-corrected chi connectivity index (χ0v) is 8.00. The molecule has 0 heterocycles. The Bertz CT molecular complexity index is 284. The molecule has 1 aromatic rings. The first-order valence-corrected chi connectivity index (χ1v) is 4.27. The number of hydrogen-bond acceptors (Lipinski definition) is 2. The van der Waals surface area contributed by atoms with Crippen LogP contribution in [0.5, 0.6) is 5.75 Å². The smallest absolute Gasteiger partial charge is 0.268 e. The first-order chi connectivity index (χ1) is 6.04. The number of phenols is 1. The second kappa shape index (κ2) is 4.02. The van der Waals surface area contributed by atoms with Crippen LogP contribution in [0.3, 0.4) is 0 Å². The Balaban J connectivity index is 3.12. The molecule has 0 aliphatic rings. The second-order valence-electron chi connectivity index (χ2n) is 2.45. The van der Waals surface area contributed by atoms with Gasteiger partial charge in [-0.05, 0) is 12.1 Å². The van der Waals surface area contributed by atoms with E-state index in [1.165, 1.54) is 18.2 Å². The molecule has 0 aliphatic carbocycles. The van der Waals surface area contributed by atoms with Crippen molar-refractivity contribution < 1.29 is 19.0 Å². The van der Waals surface area contributed by atoms with Gasteiger partial charge in [-0.3, -0.25) is 0 Å². The van der Waals surface area contributed by atoms with Gasteiger partial charge in [0.25, 0.3) is 6.43 Å². The number of alkyl halides is 2. The van der Waals surface area contributed by atoms with Crippen molar-refractivity contribution in [1.82, 2.24) is 0 Å². The Hall–Kier alpha value is -0.680. The van der Waals surface area contributed by atoms with Crippen molar-refractivity contribution >= 4 is 15.9 Å². The lowest BCUT2D eigenvalue weighted by Crippen LogP contribution is -2.08. The van der Waals surface area contributed by atoms with Crippen molar-refractivity contribution in [3.05, 3.63) is 28.2 Å². The van der Waals surface area contributed by atoms with Gasteiger partial charge in [-0.1, -0.05) is 22.0 Å². The molecule has 0 amide bonds. The minimum Gasteiger partial charge on any atom is -0.508 e. The normalized spacial score (nSPS) is 13.3. The predicted molar refractivity (Wildman–Crippen MR) is 46.8 cm³/mol. The molecular weight excluding hydrogens is 246 g/mol. The quantitative estimate of drug-likeness (QED) is 0.849. The summed E-state index contributed by atoms with van der Waals surface area (Å²) >= 11 is 2.96. The van der Waals surface area contributed by atoms with Gasteiger partial charge in [0.2, 0.25) is 0 Å². The molecule has 72 valence electrons. The zero-order valence-electron chi connectivity index (χ0n) is 6.42. The van der Waals surface area contributed by atoms with Gasteiger partial charge in [0, 0.05) is 10.0 Å². The monoisotopic (exact) mass is 252 g/mol. The number of benzene rings is 1. The van der Waals surface area contributed by atoms with Crippen LogP contribution in [0.1, 0.15) is 11.7 Å². The van der Waals surface area contributed by atoms with Crippen LogP contribution >= 0.6 is 15.9 Å². The molecule has 0 fully saturated rings. The van der Waals surface area contributed by atoms with E-state index in [-0.39, 0.29) is 15.8 Å². The highest BCUT2D eigenvalue weighted by molar-refractivity contribution is 9.10.